The van der Waals surface area contributed by atoms with Gasteiger partial charge in [-0.15, -0.1) is 0 Å². The summed E-state index contributed by atoms with van der Waals surface area (Å²) in [6.45, 7) is 1.43. The molecule has 0 saturated carbocycles. The van der Waals surface area contributed by atoms with Crippen molar-refractivity contribution < 1.29 is 9.53 Å². The van der Waals surface area contributed by atoms with Gasteiger partial charge in [-0.05, 0) is 12.8 Å². The van der Waals surface area contributed by atoms with Gasteiger partial charge in [0.1, 0.15) is 6.61 Å². The summed E-state index contributed by atoms with van der Waals surface area (Å²) in [4.78, 5) is 13.1. The molecule has 0 aromatic rings. The number of hydrogen-bond donors (Lipinski definition) is 1. The fraction of sp³-hybridized carbons (Fsp3) is 0.875. The summed E-state index contributed by atoms with van der Waals surface area (Å²) < 4.78 is 5.00. The van der Waals surface area contributed by atoms with Gasteiger partial charge in [0.25, 0.3) is 0 Å². The summed E-state index contributed by atoms with van der Waals surface area (Å²) in [7, 11) is 0. The zero-order chi connectivity index (χ0) is 8.13. The molecule has 0 unspecified atom stereocenters. The summed E-state index contributed by atoms with van der Waals surface area (Å²) in [5, 5.41) is 3.51. The molecular weight excluding hydrogens is 156 g/mol. The Bertz CT molecular complexity index is 231. The van der Waals surface area contributed by atoms with E-state index in [1.165, 1.54) is 12.8 Å². The van der Waals surface area contributed by atoms with Gasteiger partial charge < -0.3 is 10.1 Å². The number of fused-ring (bicyclic) bond motifs is 4. The Hall–Kier alpha value is -0.770. The number of carbonyl (C=O) groups excluding carboxylic acids is 1. The number of ether oxygens (including phenoxy) is 1. The molecule has 0 aliphatic carbocycles. The number of amides is 1. The molecule has 3 aliphatic rings. The van der Waals surface area contributed by atoms with Crippen molar-refractivity contribution in [3.63, 3.8) is 0 Å². The van der Waals surface area contributed by atoms with Crippen LogP contribution in [-0.2, 0) is 4.74 Å². The maximum absolute atomic E-state index is 11.2. The highest BCUT2D eigenvalue weighted by Gasteiger charge is 2.46. The van der Waals surface area contributed by atoms with E-state index in [4.69, 9.17) is 4.74 Å². The molecule has 1 amide bonds. The Kier molecular flexibility index (Phi) is 1.19. The van der Waals surface area contributed by atoms with Gasteiger partial charge in [-0.25, -0.2) is 4.79 Å². The predicted octanol–water partition coefficient (Wildman–Crippen LogP) is -0.0586. The number of rotatable bonds is 0. The molecule has 4 heteroatoms. The van der Waals surface area contributed by atoms with Crippen LogP contribution in [0.2, 0.25) is 0 Å². The first-order chi connectivity index (χ1) is 5.84. The molecule has 66 valence electrons. The third-order valence-electron chi connectivity index (χ3n) is 3.17. The molecule has 3 aliphatic heterocycles. The summed E-state index contributed by atoms with van der Waals surface area (Å²) in [5.41, 5.74) is 0. The maximum Gasteiger partial charge on any atom is 0.410 e. The lowest BCUT2D eigenvalue weighted by atomic mass is 10.1. The minimum absolute atomic E-state index is 0.113. The van der Waals surface area contributed by atoms with Crippen molar-refractivity contribution in [2.45, 2.75) is 31.0 Å². The molecule has 4 nitrogen and oxygen atoms in total. The van der Waals surface area contributed by atoms with E-state index in [9.17, 15) is 4.79 Å². The zero-order valence-electron chi connectivity index (χ0n) is 6.82. The lowest BCUT2D eigenvalue weighted by molar-refractivity contribution is 0.149. The second-order valence-electron chi connectivity index (χ2n) is 3.84. The Labute approximate surface area is 70.9 Å². The highest BCUT2D eigenvalue weighted by Crippen LogP contribution is 2.29. The fourth-order valence-electron chi connectivity index (χ4n) is 2.54. The number of nitrogens with zero attached hydrogens (tertiary/aromatic N) is 1. The highest BCUT2D eigenvalue weighted by atomic mass is 16.6. The van der Waals surface area contributed by atoms with Crippen molar-refractivity contribution in [3.8, 4) is 0 Å². The standard InChI is InChI=1S/C8H12N2O2/c11-8-10-3-5-1-2-6(9-5)7(10)4-12-8/h5-7,9H,1-4H2/t5-,6+,7-/m1/s1. The molecule has 3 atom stereocenters. The highest BCUT2D eigenvalue weighted by molar-refractivity contribution is 5.70. The molecule has 3 heterocycles. The van der Waals surface area contributed by atoms with Crippen LogP contribution in [-0.4, -0.2) is 42.3 Å². The quantitative estimate of drug-likeness (QED) is 0.551. The Morgan fingerprint density at radius 1 is 1.50 bits per heavy atom. The van der Waals surface area contributed by atoms with Gasteiger partial charge in [0.2, 0.25) is 0 Å². The number of carbonyl (C=O) groups is 1. The Morgan fingerprint density at radius 2 is 2.42 bits per heavy atom. The van der Waals surface area contributed by atoms with Crippen molar-refractivity contribution in [1.29, 1.82) is 0 Å². The van der Waals surface area contributed by atoms with Gasteiger partial charge >= 0.3 is 6.09 Å². The molecule has 3 rings (SSSR count). The zero-order valence-corrected chi connectivity index (χ0v) is 6.82. The summed E-state index contributed by atoms with van der Waals surface area (Å²) in [5.74, 6) is 0. The SMILES string of the molecule is O=C1OC[C@@H]2[C@@H]3CC[C@H](CN12)N3. The van der Waals surface area contributed by atoms with Gasteiger partial charge in [0.05, 0.1) is 6.04 Å². The molecular formula is C8H12N2O2. The van der Waals surface area contributed by atoms with Crippen LogP contribution in [0, 0.1) is 0 Å². The van der Waals surface area contributed by atoms with Crippen molar-refractivity contribution in [2.75, 3.05) is 13.2 Å². The number of piperazine rings is 1. The van der Waals surface area contributed by atoms with Crippen LogP contribution >= 0.6 is 0 Å². The van der Waals surface area contributed by atoms with Crippen molar-refractivity contribution in [1.82, 2.24) is 10.2 Å². The molecule has 0 aromatic carbocycles. The maximum atomic E-state index is 11.2. The van der Waals surface area contributed by atoms with E-state index in [0.717, 1.165) is 6.54 Å². The largest absolute Gasteiger partial charge is 0.447 e. The van der Waals surface area contributed by atoms with Crippen LogP contribution in [0.1, 0.15) is 12.8 Å². The molecule has 3 fully saturated rings. The van der Waals surface area contributed by atoms with E-state index in [0.29, 0.717) is 24.7 Å². The van der Waals surface area contributed by atoms with E-state index < -0.39 is 0 Å². The Morgan fingerprint density at radius 3 is 3.33 bits per heavy atom. The van der Waals surface area contributed by atoms with Crippen LogP contribution < -0.4 is 5.32 Å². The molecule has 0 aromatic heterocycles. The van der Waals surface area contributed by atoms with Crippen LogP contribution in [0.25, 0.3) is 0 Å². The summed E-state index contributed by atoms with van der Waals surface area (Å²) in [6, 6.07) is 1.34. The summed E-state index contributed by atoms with van der Waals surface area (Å²) >= 11 is 0. The minimum Gasteiger partial charge on any atom is -0.447 e. The third kappa shape index (κ3) is 0.732. The summed E-state index contributed by atoms with van der Waals surface area (Å²) in [6.07, 6.45) is 2.30. The normalized spacial score (nSPS) is 44.5. The first kappa shape index (κ1) is 6.71. The third-order valence-corrected chi connectivity index (χ3v) is 3.17. The minimum atomic E-state index is -0.113. The smallest absolute Gasteiger partial charge is 0.410 e. The van der Waals surface area contributed by atoms with Gasteiger partial charge in [-0.3, -0.25) is 4.90 Å². The molecule has 0 spiro atoms. The molecule has 12 heavy (non-hydrogen) atoms. The van der Waals surface area contributed by atoms with Crippen molar-refractivity contribution >= 4 is 6.09 Å². The molecule has 2 bridgehead atoms. The van der Waals surface area contributed by atoms with Crippen LogP contribution in [0.15, 0.2) is 0 Å². The van der Waals surface area contributed by atoms with Gasteiger partial charge in [0, 0.05) is 18.6 Å². The van der Waals surface area contributed by atoms with E-state index in [-0.39, 0.29) is 6.09 Å². The molecule has 3 saturated heterocycles. The van der Waals surface area contributed by atoms with E-state index in [1.807, 2.05) is 4.90 Å². The second kappa shape index (κ2) is 2.13. The molecule has 0 radical (unpaired) electrons. The topological polar surface area (TPSA) is 41.6 Å². The van der Waals surface area contributed by atoms with E-state index >= 15 is 0 Å². The number of nitrogens with one attached hydrogen (secondary N) is 1. The van der Waals surface area contributed by atoms with E-state index in [2.05, 4.69) is 5.32 Å². The fourth-order valence-corrected chi connectivity index (χ4v) is 2.54. The number of hydrogen-bond acceptors (Lipinski definition) is 3. The van der Waals surface area contributed by atoms with Crippen molar-refractivity contribution in [3.05, 3.63) is 0 Å². The lowest BCUT2D eigenvalue weighted by Gasteiger charge is -2.33. The van der Waals surface area contributed by atoms with Gasteiger partial charge in [-0.1, -0.05) is 0 Å². The van der Waals surface area contributed by atoms with Crippen molar-refractivity contribution in [2.24, 2.45) is 0 Å². The van der Waals surface area contributed by atoms with Gasteiger partial charge in [-0.2, -0.15) is 0 Å². The molecule has 1 N–H and O–H groups in total. The average molecular weight is 168 g/mol. The van der Waals surface area contributed by atoms with Crippen LogP contribution in [0.5, 0.6) is 0 Å². The number of cyclic esters (lactones) is 1. The average Bonchev–Trinajstić information content (AvgIpc) is 2.61. The first-order valence-corrected chi connectivity index (χ1v) is 4.54. The lowest BCUT2D eigenvalue weighted by Crippen LogP contribution is -2.56. The Balaban J connectivity index is 1.90. The predicted molar refractivity (Wildman–Crippen MR) is 41.8 cm³/mol. The monoisotopic (exact) mass is 168 g/mol. The van der Waals surface area contributed by atoms with Crippen LogP contribution in [0.4, 0.5) is 4.79 Å². The first-order valence-electron chi connectivity index (χ1n) is 4.54. The second-order valence-corrected chi connectivity index (χ2v) is 3.84. The van der Waals surface area contributed by atoms with Crippen LogP contribution in [0.3, 0.4) is 0 Å². The van der Waals surface area contributed by atoms with E-state index in [1.54, 1.807) is 0 Å². The van der Waals surface area contributed by atoms with Gasteiger partial charge in [0.15, 0.2) is 0 Å².